The molecule has 1 aromatic rings. The third-order valence-corrected chi connectivity index (χ3v) is 4.98. The SMILES string of the molecule is CN(C)CCCS(=O)(=O)N(CC(=O)N(C)C)c1ccccc1. The molecule has 0 unspecified atom stereocenters. The summed E-state index contributed by atoms with van der Waals surface area (Å²) in [7, 11) is 3.49. The van der Waals surface area contributed by atoms with E-state index >= 15 is 0 Å². The number of benzene rings is 1. The van der Waals surface area contributed by atoms with Crippen molar-refractivity contribution in [1.29, 1.82) is 0 Å². The van der Waals surface area contributed by atoms with E-state index in [2.05, 4.69) is 0 Å². The van der Waals surface area contributed by atoms with Gasteiger partial charge in [-0.2, -0.15) is 0 Å². The lowest BCUT2D eigenvalue weighted by Gasteiger charge is -2.25. The minimum absolute atomic E-state index is 0.0147. The van der Waals surface area contributed by atoms with Gasteiger partial charge in [0.05, 0.1) is 11.4 Å². The van der Waals surface area contributed by atoms with Gasteiger partial charge in [0, 0.05) is 14.1 Å². The smallest absolute Gasteiger partial charge is 0.242 e. The predicted octanol–water partition coefficient (Wildman–Crippen LogP) is 0.863. The maximum absolute atomic E-state index is 12.6. The summed E-state index contributed by atoms with van der Waals surface area (Å²) >= 11 is 0. The van der Waals surface area contributed by atoms with Crippen molar-refractivity contribution in [3.8, 4) is 0 Å². The van der Waals surface area contributed by atoms with E-state index in [0.29, 0.717) is 18.7 Å². The molecule has 0 radical (unpaired) electrons. The molecule has 0 bridgehead atoms. The first-order chi connectivity index (χ1) is 10.2. The topological polar surface area (TPSA) is 60.9 Å². The Labute approximate surface area is 133 Å². The fourth-order valence-electron chi connectivity index (χ4n) is 1.88. The van der Waals surface area contributed by atoms with Crippen molar-refractivity contribution in [3.63, 3.8) is 0 Å². The summed E-state index contributed by atoms with van der Waals surface area (Å²) in [6.07, 6.45) is 0.523. The first kappa shape index (κ1) is 18.4. The molecule has 22 heavy (non-hydrogen) atoms. The maximum Gasteiger partial charge on any atom is 0.242 e. The lowest BCUT2D eigenvalue weighted by molar-refractivity contribution is -0.127. The lowest BCUT2D eigenvalue weighted by Crippen LogP contribution is -2.41. The van der Waals surface area contributed by atoms with Crippen LogP contribution < -0.4 is 4.31 Å². The average Bonchev–Trinajstić information content (AvgIpc) is 2.44. The first-order valence-electron chi connectivity index (χ1n) is 7.14. The van der Waals surface area contributed by atoms with E-state index in [1.165, 1.54) is 9.21 Å². The van der Waals surface area contributed by atoms with Crippen LogP contribution >= 0.6 is 0 Å². The highest BCUT2D eigenvalue weighted by atomic mass is 32.2. The summed E-state index contributed by atoms with van der Waals surface area (Å²) in [6.45, 7) is 0.505. The molecule has 0 atom stereocenters. The average molecular weight is 327 g/mol. The van der Waals surface area contributed by atoms with Crippen LogP contribution in [0, 0.1) is 0 Å². The molecule has 124 valence electrons. The summed E-state index contributed by atoms with van der Waals surface area (Å²) in [5, 5.41) is 0. The molecule has 1 aromatic carbocycles. The maximum atomic E-state index is 12.6. The predicted molar refractivity (Wildman–Crippen MR) is 89.4 cm³/mol. The Hall–Kier alpha value is -1.60. The number of amides is 1. The van der Waals surface area contributed by atoms with Crippen molar-refractivity contribution in [2.75, 3.05) is 51.3 Å². The number of para-hydroxylation sites is 1. The Morgan fingerprint density at radius 3 is 2.14 bits per heavy atom. The van der Waals surface area contributed by atoms with Gasteiger partial charge in [-0.1, -0.05) is 18.2 Å². The van der Waals surface area contributed by atoms with Crippen LogP contribution in [0.15, 0.2) is 30.3 Å². The van der Waals surface area contributed by atoms with Crippen molar-refractivity contribution in [3.05, 3.63) is 30.3 Å². The Kier molecular flexibility index (Phi) is 6.83. The van der Waals surface area contributed by atoms with Crippen LogP contribution in [0.4, 0.5) is 5.69 Å². The van der Waals surface area contributed by atoms with Gasteiger partial charge >= 0.3 is 0 Å². The van der Waals surface area contributed by atoms with Gasteiger partial charge in [0.2, 0.25) is 15.9 Å². The van der Waals surface area contributed by atoms with Gasteiger partial charge in [0.1, 0.15) is 6.54 Å². The van der Waals surface area contributed by atoms with Crippen LogP contribution in [0.2, 0.25) is 0 Å². The molecule has 1 rings (SSSR count). The van der Waals surface area contributed by atoms with Crippen LogP contribution in [0.3, 0.4) is 0 Å². The fraction of sp³-hybridized carbons (Fsp3) is 0.533. The summed E-state index contributed by atoms with van der Waals surface area (Å²) < 4.78 is 26.4. The molecule has 0 aliphatic heterocycles. The highest BCUT2D eigenvalue weighted by Gasteiger charge is 2.25. The number of sulfonamides is 1. The van der Waals surface area contributed by atoms with E-state index < -0.39 is 10.0 Å². The summed E-state index contributed by atoms with van der Waals surface area (Å²) in [4.78, 5) is 15.3. The van der Waals surface area contributed by atoms with Crippen LogP contribution in [0.1, 0.15) is 6.42 Å². The number of carbonyl (C=O) groups excluding carboxylic acids is 1. The second-order valence-electron chi connectivity index (χ2n) is 5.60. The first-order valence-corrected chi connectivity index (χ1v) is 8.75. The summed E-state index contributed by atoms with van der Waals surface area (Å²) in [5.74, 6) is -0.235. The summed E-state index contributed by atoms with van der Waals surface area (Å²) in [5.41, 5.74) is 0.516. The lowest BCUT2D eigenvalue weighted by atomic mass is 10.3. The minimum atomic E-state index is -3.54. The van der Waals surface area contributed by atoms with Gasteiger partial charge in [0.25, 0.3) is 0 Å². The number of hydrogen-bond donors (Lipinski definition) is 0. The highest BCUT2D eigenvalue weighted by Crippen LogP contribution is 2.18. The second-order valence-corrected chi connectivity index (χ2v) is 7.62. The van der Waals surface area contributed by atoms with Crippen molar-refractivity contribution in [1.82, 2.24) is 9.80 Å². The van der Waals surface area contributed by atoms with Crippen molar-refractivity contribution >= 4 is 21.6 Å². The second kappa shape index (κ2) is 8.14. The van der Waals surface area contributed by atoms with Gasteiger partial charge in [0.15, 0.2) is 0 Å². The Morgan fingerprint density at radius 1 is 1.05 bits per heavy atom. The number of carbonyl (C=O) groups is 1. The van der Waals surface area contributed by atoms with Gasteiger partial charge in [-0.3, -0.25) is 9.10 Å². The Bertz CT molecular complexity index is 571. The minimum Gasteiger partial charge on any atom is -0.347 e. The number of hydrogen-bond acceptors (Lipinski definition) is 4. The number of likely N-dealkylation sites (N-methyl/N-ethyl adjacent to an activating group) is 1. The van der Waals surface area contributed by atoms with Crippen LogP contribution in [0.5, 0.6) is 0 Å². The van der Waals surface area contributed by atoms with E-state index in [9.17, 15) is 13.2 Å². The molecule has 0 aliphatic rings. The molecular formula is C15H25N3O3S. The van der Waals surface area contributed by atoms with Gasteiger partial charge in [-0.25, -0.2) is 8.42 Å². The molecule has 0 fully saturated rings. The van der Waals surface area contributed by atoms with E-state index in [1.54, 1.807) is 38.4 Å². The molecule has 0 aliphatic carbocycles. The largest absolute Gasteiger partial charge is 0.347 e. The van der Waals surface area contributed by atoms with E-state index in [-0.39, 0.29) is 18.2 Å². The third-order valence-electron chi connectivity index (χ3n) is 3.17. The van der Waals surface area contributed by atoms with Crippen LogP contribution in [-0.2, 0) is 14.8 Å². The number of anilines is 1. The van der Waals surface area contributed by atoms with E-state index in [0.717, 1.165) is 0 Å². The van der Waals surface area contributed by atoms with Crippen molar-refractivity contribution in [2.24, 2.45) is 0 Å². The van der Waals surface area contributed by atoms with Crippen LogP contribution in [-0.4, -0.2) is 71.2 Å². The highest BCUT2D eigenvalue weighted by molar-refractivity contribution is 7.92. The Balaban J connectivity index is 2.96. The molecule has 0 saturated carbocycles. The monoisotopic (exact) mass is 327 g/mol. The fourth-order valence-corrected chi connectivity index (χ4v) is 3.35. The molecule has 0 saturated heterocycles. The third kappa shape index (κ3) is 5.65. The molecule has 0 spiro atoms. The molecule has 0 aromatic heterocycles. The zero-order chi connectivity index (χ0) is 16.8. The van der Waals surface area contributed by atoms with E-state index in [4.69, 9.17) is 0 Å². The van der Waals surface area contributed by atoms with E-state index in [1.807, 2.05) is 25.1 Å². The molecular weight excluding hydrogens is 302 g/mol. The standard InChI is InChI=1S/C15H25N3O3S/c1-16(2)11-8-12-22(20,21)18(13-15(19)17(3)4)14-9-6-5-7-10-14/h5-7,9-10H,8,11-13H2,1-4H3. The molecule has 0 heterocycles. The molecule has 0 N–H and O–H groups in total. The molecule has 7 heteroatoms. The number of nitrogens with zero attached hydrogens (tertiary/aromatic N) is 3. The van der Waals surface area contributed by atoms with Gasteiger partial charge in [-0.15, -0.1) is 0 Å². The van der Waals surface area contributed by atoms with Gasteiger partial charge in [-0.05, 0) is 39.2 Å². The molecule has 1 amide bonds. The zero-order valence-electron chi connectivity index (χ0n) is 13.7. The zero-order valence-corrected chi connectivity index (χ0v) is 14.5. The van der Waals surface area contributed by atoms with Crippen molar-refractivity contribution in [2.45, 2.75) is 6.42 Å². The van der Waals surface area contributed by atoms with Crippen LogP contribution in [0.25, 0.3) is 0 Å². The van der Waals surface area contributed by atoms with Crippen molar-refractivity contribution < 1.29 is 13.2 Å². The summed E-state index contributed by atoms with van der Waals surface area (Å²) in [6, 6.07) is 8.74. The quantitative estimate of drug-likeness (QED) is 0.711. The number of rotatable bonds is 8. The van der Waals surface area contributed by atoms with Gasteiger partial charge < -0.3 is 9.80 Å². The normalized spacial score (nSPS) is 11.5. The Morgan fingerprint density at radius 2 is 1.64 bits per heavy atom. The molecule has 6 nitrogen and oxygen atoms in total.